The maximum atomic E-state index is 12.3. The Hall–Kier alpha value is -1.39. The van der Waals surface area contributed by atoms with Crippen LogP contribution in [0.4, 0.5) is 5.69 Å². The van der Waals surface area contributed by atoms with E-state index in [2.05, 4.69) is 11.4 Å². The summed E-state index contributed by atoms with van der Waals surface area (Å²) in [6.45, 7) is 1.01. The third kappa shape index (κ3) is 1.95. The van der Waals surface area contributed by atoms with E-state index in [-0.39, 0.29) is 5.91 Å². The standard InChI is InChI=1S/C16H19NO3/c18-15(16-19-7-8-20-16)17-14-12-5-1-3-10(12)9-11-4-2-6-13(11)14/h9,16H,1-8H2,(H,17,18). The van der Waals surface area contributed by atoms with Crippen LogP contribution in [0.15, 0.2) is 6.07 Å². The number of hydrogen-bond acceptors (Lipinski definition) is 3. The summed E-state index contributed by atoms with van der Waals surface area (Å²) in [7, 11) is 0. The number of carbonyl (C=O) groups is 1. The molecule has 0 bridgehead atoms. The van der Waals surface area contributed by atoms with Crippen molar-refractivity contribution in [2.45, 2.75) is 44.8 Å². The summed E-state index contributed by atoms with van der Waals surface area (Å²) in [6.07, 6.45) is 6.08. The van der Waals surface area contributed by atoms with Gasteiger partial charge in [-0.25, -0.2) is 0 Å². The first-order valence-corrected chi connectivity index (χ1v) is 7.53. The van der Waals surface area contributed by atoms with Crippen molar-refractivity contribution in [2.75, 3.05) is 18.5 Å². The Morgan fingerprint density at radius 2 is 1.60 bits per heavy atom. The fourth-order valence-electron chi connectivity index (χ4n) is 3.66. The van der Waals surface area contributed by atoms with E-state index in [1.54, 1.807) is 0 Å². The van der Waals surface area contributed by atoms with Gasteiger partial charge in [-0.05, 0) is 60.8 Å². The van der Waals surface area contributed by atoms with Crippen LogP contribution in [-0.4, -0.2) is 25.4 Å². The van der Waals surface area contributed by atoms with Crippen LogP contribution in [-0.2, 0) is 40.0 Å². The third-order valence-corrected chi connectivity index (χ3v) is 4.56. The molecule has 0 atom stereocenters. The maximum absolute atomic E-state index is 12.3. The second-order valence-electron chi connectivity index (χ2n) is 5.80. The van der Waals surface area contributed by atoms with Crippen molar-refractivity contribution in [3.8, 4) is 0 Å². The molecule has 106 valence electrons. The highest BCUT2D eigenvalue weighted by atomic mass is 16.7. The molecule has 1 aromatic rings. The zero-order valence-electron chi connectivity index (χ0n) is 11.5. The number of aryl methyl sites for hydroxylation is 2. The van der Waals surface area contributed by atoms with Crippen molar-refractivity contribution in [1.29, 1.82) is 0 Å². The number of rotatable bonds is 2. The fourth-order valence-corrected chi connectivity index (χ4v) is 3.66. The molecular weight excluding hydrogens is 254 g/mol. The van der Waals surface area contributed by atoms with E-state index in [0.29, 0.717) is 13.2 Å². The maximum Gasteiger partial charge on any atom is 0.281 e. The molecule has 1 N–H and O–H groups in total. The van der Waals surface area contributed by atoms with Crippen molar-refractivity contribution in [2.24, 2.45) is 0 Å². The van der Waals surface area contributed by atoms with E-state index in [9.17, 15) is 4.79 Å². The molecule has 1 aromatic carbocycles. The van der Waals surface area contributed by atoms with Crippen LogP contribution >= 0.6 is 0 Å². The number of benzene rings is 1. The molecule has 0 spiro atoms. The smallest absolute Gasteiger partial charge is 0.281 e. The largest absolute Gasteiger partial charge is 0.342 e. The van der Waals surface area contributed by atoms with E-state index in [1.807, 2.05) is 0 Å². The highest BCUT2D eigenvalue weighted by Crippen LogP contribution is 2.38. The van der Waals surface area contributed by atoms with Gasteiger partial charge in [0.1, 0.15) is 0 Å². The number of carbonyl (C=O) groups excluding carboxylic acids is 1. The summed E-state index contributed by atoms with van der Waals surface area (Å²) in [4.78, 5) is 12.3. The van der Waals surface area contributed by atoms with Crippen molar-refractivity contribution < 1.29 is 14.3 Å². The van der Waals surface area contributed by atoms with Gasteiger partial charge in [0.15, 0.2) is 0 Å². The molecule has 0 aromatic heterocycles. The highest BCUT2D eigenvalue weighted by Gasteiger charge is 2.29. The Morgan fingerprint density at radius 3 is 2.20 bits per heavy atom. The van der Waals surface area contributed by atoms with Gasteiger partial charge in [0, 0.05) is 5.69 Å². The van der Waals surface area contributed by atoms with Gasteiger partial charge in [0.05, 0.1) is 13.2 Å². The lowest BCUT2D eigenvalue weighted by atomic mass is 9.98. The molecule has 0 unspecified atom stereocenters. The molecule has 1 heterocycles. The van der Waals surface area contributed by atoms with Gasteiger partial charge in [-0.1, -0.05) is 6.07 Å². The van der Waals surface area contributed by atoms with Crippen LogP contribution in [0.3, 0.4) is 0 Å². The van der Waals surface area contributed by atoms with Crippen LogP contribution in [0.2, 0.25) is 0 Å². The van der Waals surface area contributed by atoms with Crippen LogP contribution in [0.25, 0.3) is 0 Å². The molecule has 3 aliphatic rings. The van der Waals surface area contributed by atoms with E-state index in [1.165, 1.54) is 35.1 Å². The first kappa shape index (κ1) is 12.4. The second kappa shape index (κ2) is 4.86. The summed E-state index contributed by atoms with van der Waals surface area (Å²) in [5, 5.41) is 3.10. The lowest BCUT2D eigenvalue weighted by Gasteiger charge is -2.17. The molecule has 0 radical (unpaired) electrons. The second-order valence-corrected chi connectivity index (χ2v) is 5.80. The fraction of sp³-hybridized carbons (Fsp3) is 0.562. The molecule has 1 aliphatic heterocycles. The Bertz CT molecular complexity index is 529. The Balaban J connectivity index is 1.68. The minimum atomic E-state index is -0.732. The average Bonchev–Trinajstić information content (AvgIpc) is 3.19. The predicted molar refractivity (Wildman–Crippen MR) is 74.8 cm³/mol. The topological polar surface area (TPSA) is 47.6 Å². The normalized spacial score (nSPS) is 21.0. The molecule has 4 rings (SSSR count). The average molecular weight is 273 g/mol. The molecule has 4 heteroatoms. The van der Waals surface area contributed by atoms with Crippen LogP contribution < -0.4 is 5.32 Å². The molecule has 1 saturated heterocycles. The van der Waals surface area contributed by atoms with E-state index in [0.717, 1.165) is 31.4 Å². The zero-order valence-corrected chi connectivity index (χ0v) is 11.5. The van der Waals surface area contributed by atoms with E-state index < -0.39 is 6.29 Å². The zero-order chi connectivity index (χ0) is 13.5. The minimum Gasteiger partial charge on any atom is -0.342 e. The molecule has 1 fully saturated rings. The highest BCUT2D eigenvalue weighted by molar-refractivity contribution is 5.95. The molecule has 0 saturated carbocycles. The first-order chi connectivity index (χ1) is 9.83. The summed E-state index contributed by atoms with van der Waals surface area (Å²) in [5.74, 6) is -0.156. The summed E-state index contributed by atoms with van der Waals surface area (Å²) in [6, 6.07) is 2.36. The number of amides is 1. The van der Waals surface area contributed by atoms with Gasteiger partial charge < -0.3 is 14.8 Å². The first-order valence-electron chi connectivity index (χ1n) is 7.53. The third-order valence-electron chi connectivity index (χ3n) is 4.56. The van der Waals surface area contributed by atoms with Gasteiger partial charge in [-0.3, -0.25) is 4.79 Å². The minimum absolute atomic E-state index is 0.156. The Kier molecular flexibility index (Phi) is 3.00. The number of hydrogen-bond donors (Lipinski definition) is 1. The van der Waals surface area contributed by atoms with Gasteiger partial charge in [-0.2, -0.15) is 0 Å². The van der Waals surface area contributed by atoms with Crippen LogP contribution in [0, 0.1) is 0 Å². The molecule has 1 amide bonds. The van der Waals surface area contributed by atoms with Crippen molar-refractivity contribution >= 4 is 11.6 Å². The molecule has 2 aliphatic carbocycles. The molecule has 4 nitrogen and oxygen atoms in total. The number of nitrogens with one attached hydrogen (secondary N) is 1. The lowest BCUT2D eigenvalue weighted by Crippen LogP contribution is -2.29. The number of fused-ring (bicyclic) bond motifs is 2. The Morgan fingerprint density at radius 1 is 1.00 bits per heavy atom. The van der Waals surface area contributed by atoms with Crippen molar-refractivity contribution in [3.63, 3.8) is 0 Å². The number of anilines is 1. The quantitative estimate of drug-likeness (QED) is 0.896. The molecular formula is C16H19NO3. The van der Waals surface area contributed by atoms with Gasteiger partial charge in [0.25, 0.3) is 5.91 Å². The SMILES string of the molecule is O=C(Nc1c2c(cc3c1CCC3)CCC2)C1OCCO1. The number of ether oxygens (including phenoxy) is 2. The summed E-state index contributed by atoms with van der Waals surface area (Å²) < 4.78 is 10.6. The lowest BCUT2D eigenvalue weighted by molar-refractivity contribution is -0.140. The summed E-state index contributed by atoms with van der Waals surface area (Å²) >= 11 is 0. The van der Waals surface area contributed by atoms with E-state index in [4.69, 9.17) is 9.47 Å². The Labute approximate surface area is 118 Å². The summed E-state index contributed by atoms with van der Waals surface area (Å²) in [5.41, 5.74) is 6.61. The van der Waals surface area contributed by atoms with Crippen molar-refractivity contribution in [1.82, 2.24) is 0 Å². The van der Waals surface area contributed by atoms with Gasteiger partial charge in [0.2, 0.25) is 6.29 Å². The van der Waals surface area contributed by atoms with Gasteiger partial charge >= 0.3 is 0 Å². The van der Waals surface area contributed by atoms with Crippen LogP contribution in [0.5, 0.6) is 0 Å². The monoisotopic (exact) mass is 273 g/mol. The van der Waals surface area contributed by atoms with Gasteiger partial charge in [-0.15, -0.1) is 0 Å². The van der Waals surface area contributed by atoms with E-state index >= 15 is 0 Å². The molecule has 20 heavy (non-hydrogen) atoms. The van der Waals surface area contributed by atoms with Crippen molar-refractivity contribution in [3.05, 3.63) is 28.3 Å². The van der Waals surface area contributed by atoms with Crippen LogP contribution in [0.1, 0.15) is 35.1 Å². The predicted octanol–water partition coefficient (Wildman–Crippen LogP) is 1.98.